The van der Waals surface area contributed by atoms with Crippen LogP contribution in [0.3, 0.4) is 0 Å². The van der Waals surface area contributed by atoms with Gasteiger partial charge in [-0.05, 0) is 6.07 Å². The first-order valence-electron chi connectivity index (χ1n) is 6.07. The first kappa shape index (κ1) is 13.3. The van der Waals surface area contributed by atoms with E-state index in [2.05, 4.69) is 19.9 Å². The molecular weight excluding hydrogens is 290 g/mol. The summed E-state index contributed by atoms with van der Waals surface area (Å²) in [6.45, 7) is 0. The van der Waals surface area contributed by atoms with Gasteiger partial charge < -0.3 is 14.9 Å². The third-order valence-electron chi connectivity index (χ3n) is 3.05. The van der Waals surface area contributed by atoms with E-state index in [0.29, 0.717) is 10.7 Å². The highest BCUT2D eigenvalue weighted by Crippen LogP contribution is 2.23. The summed E-state index contributed by atoms with van der Waals surface area (Å²) < 4.78 is 4.62. The topological polar surface area (TPSA) is 87.6 Å². The van der Waals surface area contributed by atoms with Crippen molar-refractivity contribution in [3.8, 4) is 0 Å². The largest absolute Gasteiger partial charge is 0.464 e. The molecule has 21 heavy (non-hydrogen) atoms. The van der Waals surface area contributed by atoms with Gasteiger partial charge in [0.1, 0.15) is 10.7 Å². The van der Waals surface area contributed by atoms with Crippen molar-refractivity contribution in [1.29, 1.82) is 0 Å². The lowest BCUT2D eigenvalue weighted by Gasteiger charge is -1.99. The second-order valence-electron chi connectivity index (χ2n) is 4.23. The summed E-state index contributed by atoms with van der Waals surface area (Å²) in [5, 5.41) is 15.6. The lowest BCUT2D eigenvalue weighted by Crippen LogP contribution is -2.05. The predicted octanol–water partition coefficient (Wildman–Crippen LogP) is 2.64. The van der Waals surface area contributed by atoms with E-state index in [9.17, 15) is 10.0 Å². The van der Waals surface area contributed by atoms with Crippen molar-refractivity contribution in [3.05, 3.63) is 52.1 Å². The van der Waals surface area contributed by atoms with Crippen LogP contribution in [0.1, 0.15) is 21.1 Å². The van der Waals surface area contributed by atoms with Crippen molar-refractivity contribution in [3.63, 3.8) is 0 Å². The molecule has 0 bridgehead atoms. The average molecular weight is 301 g/mol. The Balaban J connectivity index is 2.07. The highest BCUT2D eigenvalue weighted by molar-refractivity contribution is 7.12. The van der Waals surface area contributed by atoms with Gasteiger partial charge in [-0.1, -0.05) is 23.4 Å². The minimum absolute atomic E-state index is 0.193. The summed E-state index contributed by atoms with van der Waals surface area (Å²) in [6, 6.07) is 7.66. The molecule has 2 heterocycles. The second-order valence-corrected chi connectivity index (χ2v) is 5.08. The number of hydrogen-bond acceptors (Lipinski definition) is 6. The van der Waals surface area contributed by atoms with Gasteiger partial charge in [-0.2, -0.15) is 0 Å². The zero-order chi connectivity index (χ0) is 14.8. The Morgan fingerprint density at radius 2 is 2.24 bits per heavy atom. The number of carbonyl (C=O) groups is 1. The normalized spacial score (nSPS) is 11.8. The quantitative estimate of drug-likeness (QED) is 0.337. The van der Waals surface area contributed by atoms with Crippen molar-refractivity contribution in [1.82, 2.24) is 9.97 Å². The molecule has 0 amide bonds. The molecule has 0 fully saturated rings. The van der Waals surface area contributed by atoms with Crippen LogP contribution in [0, 0.1) is 0 Å². The number of thiazole rings is 1. The fraction of sp³-hybridized carbons (Fsp3) is 0.0714. The fourth-order valence-corrected chi connectivity index (χ4v) is 2.85. The van der Waals surface area contributed by atoms with Gasteiger partial charge in [-0.3, -0.25) is 0 Å². The Morgan fingerprint density at radius 1 is 1.43 bits per heavy atom. The fourth-order valence-electron chi connectivity index (χ4n) is 2.06. The van der Waals surface area contributed by atoms with Crippen molar-refractivity contribution in [2.75, 3.05) is 7.11 Å². The second kappa shape index (κ2) is 5.37. The molecule has 0 saturated carbocycles. The maximum Gasteiger partial charge on any atom is 0.357 e. The molecule has 0 aliphatic heterocycles. The Labute approximate surface area is 123 Å². The van der Waals surface area contributed by atoms with Gasteiger partial charge in [0.15, 0.2) is 5.69 Å². The van der Waals surface area contributed by atoms with E-state index in [4.69, 9.17) is 0 Å². The van der Waals surface area contributed by atoms with Crippen LogP contribution in [0.25, 0.3) is 10.9 Å². The van der Waals surface area contributed by atoms with E-state index in [-0.39, 0.29) is 5.69 Å². The van der Waals surface area contributed by atoms with Gasteiger partial charge >= 0.3 is 5.97 Å². The van der Waals surface area contributed by atoms with Crippen molar-refractivity contribution in [2.45, 2.75) is 0 Å². The van der Waals surface area contributed by atoms with Gasteiger partial charge in [0.25, 0.3) is 0 Å². The number of para-hydroxylation sites is 1. The van der Waals surface area contributed by atoms with E-state index in [1.54, 1.807) is 11.6 Å². The first-order valence-corrected chi connectivity index (χ1v) is 6.95. The number of ether oxygens (including phenoxy) is 1. The van der Waals surface area contributed by atoms with Crippen LogP contribution < -0.4 is 0 Å². The van der Waals surface area contributed by atoms with Crippen LogP contribution in [0.4, 0.5) is 0 Å². The zero-order valence-electron chi connectivity index (χ0n) is 11.0. The van der Waals surface area contributed by atoms with Gasteiger partial charge in [0.2, 0.25) is 0 Å². The smallest absolute Gasteiger partial charge is 0.357 e. The summed E-state index contributed by atoms with van der Waals surface area (Å²) in [7, 11) is 1.29. The number of nitrogens with zero attached hydrogens (tertiary/aromatic N) is 2. The average Bonchev–Trinajstić information content (AvgIpc) is 3.15. The Bertz CT molecular complexity index is 835. The number of H-pyrrole nitrogens is 1. The minimum atomic E-state index is -0.520. The zero-order valence-corrected chi connectivity index (χ0v) is 11.8. The summed E-state index contributed by atoms with van der Waals surface area (Å²) >= 11 is 1.22. The van der Waals surface area contributed by atoms with Gasteiger partial charge in [0.05, 0.1) is 7.11 Å². The van der Waals surface area contributed by atoms with Crippen LogP contribution in [-0.4, -0.2) is 34.0 Å². The SMILES string of the molecule is COC(=O)c1csc(C(=NO)c2c[nH]c3ccccc23)n1. The molecule has 6 nitrogen and oxygen atoms in total. The molecule has 2 aromatic heterocycles. The molecule has 106 valence electrons. The van der Waals surface area contributed by atoms with Gasteiger partial charge in [-0.25, -0.2) is 9.78 Å². The molecule has 0 atom stereocenters. The number of aromatic nitrogens is 2. The number of rotatable bonds is 3. The molecule has 2 N–H and O–H groups in total. The van der Waals surface area contributed by atoms with Crippen LogP contribution in [0.5, 0.6) is 0 Å². The van der Waals surface area contributed by atoms with Crippen LogP contribution in [-0.2, 0) is 4.74 Å². The number of esters is 1. The number of oxime groups is 1. The lowest BCUT2D eigenvalue weighted by molar-refractivity contribution is 0.0595. The number of benzene rings is 1. The molecular formula is C14H11N3O3S. The third kappa shape index (κ3) is 2.27. The number of fused-ring (bicyclic) bond motifs is 1. The predicted molar refractivity (Wildman–Crippen MR) is 79.2 cm³/mol. The number of carbonyl (C=O) groups excluding carboxylic acids is 1. The first-order chi connectivity index (χ1) is 10.2. The number of methoxy groups -OCH3 is 1. The van der Waals surface area contributed by atoms with Crippen LogP contribution in [0.15, 0.2) is 41.0 Å². The highest BCUT2D eigenvalue weighted by atomic mass is 32.1. The number of hydrogen-bond donors (Lipinski definition) is 2. The standard InChI is InChI=1S/C14H11N3O3S/c1-20-14(18)11-7-21-13(16-11)12(17-19)9-6-15-10-5-3-2-4-8(9)10/h2-7,15,19H,1H3. The van der Waals surface area contributed by atoms with E-state index in [0.717, 1.165) is 16.5 Å². The molecule has 3 rings (SSSR count). The number of nitrogens with one attached hydrogen (secondary N) is 1. The van der Waals surface area contributed by atoms with Crippen molar-refractivity contribution >= 4 is 33.9 Å². The Hall–Kier alpha value is -2.67. The molecule has 7 heteroatoms. The highest BCUT2D eigenvalue weighted by Gasteiger charge is 2.18. The Kier molecular flexibility index (Phi) is 3.41. The Morgan fingerprint density at radius 3 is 3.00 bits per heavy atom. The third-order valence-corrected chi connectivity index (χ3v) is 3.89. The van der Waals surface area contributed by atoms with Crippen molar-refractivity contribution < 1.29 is 14.7 Å². The van der Waals surface area contributed by atoms with Crippen LogP contribution >= 0.6 is 11.3 Å². The lowest BCUT2D eigenvalue weighted by atomic mass is 10.1. The van der Waals surface area contributed by atoms with Crippen LogP contribution in [0.2, 0.25) is 0 Å². The summed E-state index contributed by atoms with van der Waals surface area (Å²) in [4.78, 5) is 18.7. The number of aromatic amines is 1. The van der Waals surface area contributed by atoms with Gasteiger partial charge in [-0.15, -0.1) is 11.3 Å². The summed E-state index contributed by atoms with van der Waals surface area (Å²) in [6.07, 6.45) is 1.75. The van der Waals surface area contributed by atoms with E-state index in [1.807, 2.05) is 24.3 Å². The van der Waals surface area contributed by atoms with E-state index in [1.165, 1.54) is 18.4 Å². The maximum atomic E-state index is 11.4. The molecule has 0 spiro atoms. The van der Waals surface area contributed by atoms with E-state index < -0.39 is 5.97 Å². The molecule has 1 aromatic carbocycles. The monoisotopic (exact) mass is 301 g/mol. The van der Waals surface area contributed by atoms with Gasteiger partial charge in [0, 0.05) is 28.0 Å². The summed E-state index contributed by atoms with van der Waals surface area (Å²) in [5.74, 6) is -0.520. The maximum absolute atomic E-state index is 11.4. The van der Waals surface area contributed by atoms with E-state index >= 15 is 0 Å². The van der Waals surface area contributed by atoms with Crippen molar-refractivity contribution in [2.24, 2.45) is 5.16 Å². The summed E-state index contributed by atoms with van der Waals surface area (Å²) in [5.41, 5.74) is 2.16. The molecule has 0 aliphatic rings. The minimum Gasteiger partial charge on any atom is -0.464 e. The molecule has 3 aromatic rings. The molecule has 0 aliphatic carbocycles. The molecule has 0 saturated heterocycles. The molecule has 0 unspecified atom stereocenters. The molecule has 0 radical (unpaired) electrons.